The minimum atomic E-state index is -0.786. The zero-order valence-corrected chi connectivity index (χ0v) is 9.24. The second-order valence-corrected chi connectivity index (χ2v) is 4.82. The van der Waals surface area contributed by atoms with E-state index in [0.717, 1.165) is 0 Å². The lowest BCUT2D eigenvalue weighted by Gasteiger charge is -2.19. The van der Waals surface area contributed by atoms with Gasteiger partial charge < -0.3 is 15.2 Å². The molecule has 0 radical (unpaired) electrons. The molecule has 0 unspecified atom stereocenters. The number of hydrogen-bond donors (Lipinski definition) is 2. The molecule has 2 N–H and O–H groups in total. The van der Waals surface area contributed by atoms with Gasteiger partial charge in [0.1, 0.15) is 5.60 Å². The summed E-state index contributed by atoms with van der Waals surface area (Å²) in [5.74, 6) is -1.01. The van der Waals surface area contributed by atoms with Crippen LogP contribution in [0.3, 0.4) is 0 Å². The summed E-state index contributed by atoms with van der Waals surface area (Å²) < 4.78 is 5.01. The molecule has 5 nitrogen and oxygen atoms in total. The van der Waals surface area contributed by atoms with E-state index in [1.165, 1.54) is 0 Å². The zero-order valence-electron chi connectivity index (χ0n) is 9.24. The number of alkyl carbamates (subject to hydrolysis) is 1. The van der Waals surface area contributed by atoms with Crippen LogP contribution >= 0.6 is 0 Å². The van der Waals surface area contributed by atoms with Gasteiger partial charge in [-0.25, -0.2) is 4.79 Å². The number of amides is 1. The summed E-state index contributed by atoms with van der Waals surface area (Å²) in [5.41, 5.74) is -0.514. The number of carbonyl (C=O) groups excluding carboxylic acids is 1. The second kappa shape index (κ2) is 4.08. The molecular formula is C10H17NO4. The molecule has 15 heavy (non-hydrogen) atoms. The van der Waals surface area contributed by atoms with Crippen molar-refractivity contribution in [1.82, 2.24) is 5.32 Å². The predicted molar refractivity (Wildman–Crippen MR) is 53.5 cm³/mol. The Balaban J connectivity index is 2.17. The van der Waals surface area contributed by atoms with E-state index < -0.39 is 17.7 Å². The number of rotatable bonds is 3. The molecule has 0 spiro atoms. The minimum absolute atomic E-state index is 0.0648. The van der Waals surface area contributed by atoms with Gasteiger partial charge in [0.15, 0.2) is 0 Å². The first kappa shape index (κ1) is 11.8. The van der Waals surface area contributed by atoms with Gasteiger partial charge in [0.05, 0.1) is 5.92 Å². The molecule has 1 fully saturated rings. The quantitative estimate of drug-likeness (QED) is 0.742. The highest BCUT2D eigenvalue weighted by molar-refractivity contribution is 5.74. The van der Waals surface area contributed by atoms with Gasteiger partial charge in [0.2, 0.25) is 0 Å². The molecule has 0 saturated heterocycles. The van der Waals surface area contributed by atoms with Crippen LogP contribution in [0.1, 0.15) is 27.2 Å². The van der Waals surface area contributed by atoms with Crippen molar-refractivity contribution in [3.05, 3.63) is 0 Å². The fourth-order valence-electron chi connectivity index (χ4n) is 1.30. The van der Waals surface area contributed by atoms with Crippen molar-refractivity contribution < 1.29 is 19.4 Å². The lowest BCUT2D eigenvalue weighted by Crippen LogP contribution is -2.33. The number of aliphatic carboxylic acids is 1. The standard InChI is InChI=1S/C10H17NO4/c1-10(2,3)15-9(14)11-5-6-4-7(6)8(12)13/h6-7H,4-5H2,1-3H3,(H,11,14)(H,12,13)/t6-,7+/m1/s1. The molecular weight excluding hydrogens is 198 g/mol. The van der Waals surface area contributed by atoms with Crippen LogP contribution in [0.2, 0.25) is 0 Å². The third-order valence-electron chi connectivity index (χ3n) is 2.15. The SMILES string of the molecule is CC(C)(C)OC(=O)NC[C@H]1C[C@@H]1C(=O)O. The summed E-state index contributed by atoms with van der Waals surface area (Å²) in [6.07, 6.45) is 0.157. The molecule has 0 bridgehead atoms. The molecule has 0 aliphatic heterocycles. The van der Waals surface area contributed by atoms with Crippen LogP contribution < -0.4 is 5.32 Å². The number of carboxylic acids is 1. The van der Waals surface area contributed by atoms with Crippen LogP contribution in [-0.4, -0.2) is 29.3 Å². The van der Waals surface area contributed by atoms with Crippen LogP contribution in [0.15, 0.2) is 0 Å². The van der Waals surface area contributed by atoms with E-state index in [4.69, 9.17) is 9.84 Å². The normalized spacial score (nSPS) is 24.5. The Bertz CT molecular complexity index is 269. The molecule has 86 valence electrons. The Kier molecular flexibility index (Phi) is 3.21. The predicted octanol–water partition coefficient (Wildman–Crippen LogP) is 1.23. The van der Waals surface area contributed by atoms with E-state index in [-0.39, 0.29) is 11.8 Å². The van der Waals surface area contributed by atoms with Gasteiger partial charge in [-0.15, -0.1) is 0 Å². The van der Waals surface area contributed by atoms with Crippen molar-refractivity contribution in [2.45, 2.75) is 32.8 Å². The molecule has 0 aromatic rings. The summed E-state index contributed by atoms with van der Waals surface area (Å²) in [5, 5.41) is 11.2. The van der Waals surface area contributed by atoms with Crippen LogP contribution in [0, 0.1) is 11.8 Å². The second-order valence-electron chi connectivity index (χ2n) is 4.82. The molecule has 0 aromatic carbocycles. The highest BCUT2D eigenvalue weighted by atomic mass is 16.6. The topological polar surface area (TPSA) is 75.6 Å². The summed E-state index contributed by atoms with van der Waals surface area (Å²) in [7, 11) is 0. The summed E-state index contributed by atoms with van der Waals surface area (Å²) in [6, 6.07) is 0. The van der Waals surface area contributed by atoms with Gasteiger partial charge in [-0.2, -0.15) is 0 Å². The number of carboxylic acid groups (broad SMARTS) is 1. The third kappa shape index (κ3) is 4.18. The Labute approximate surface area is 88.8 Å². The van der Waals surface area contributed by atoms with Gasteiger partial charge in [-0.3, -0.25) is 4.79 Å². The smallest absolute Gasteiger partial charge is 0.407 e. The Hall–Kier alpha value is -1.26. The van der Waals surface area contributed by atoms with Crippen molar-refractivity contribution in [2.24, 2.45) is 11.8 Å². The fraction of sp³-hybridized carbons (Fsp3) is 0.800. The molecule has 1 aliphatic carbocycles. The molecule has 2 atom stereocenters. The highest BCUT2D eigenvalue weighted by Gasteiger charge is 2.43. The van der Waals surface area contributed by atoms with Gasteiger partial charge in [0, 0.05) is 6.54 Å². The number of nitrogens with one attached hydrogen (secondary N) is 1. The maximum absolute atomic E-state index is 11.2. The van der Waals surface area contributed by atoms with Gasteiger partial charge in [-0.05, 0) is 33.1 Å². The average molecular weight is 215 g/mol. The average Bonchev–Trinajstić information content (AvgIpc) is 2.75. The van der Waals surface area contributed by atoms with E-state index in [9.17, 15) is 9.59 Å². The molecule has 1 saturated carbocycles. The van der Waals surface area contributed by atoms with E-state index in [1.54, 1.807) is 20.8 Å². The van der Waals surface area contributed by atoms with Crippen LogP contribution in [0.25, 0.3) is 0 Å². The Morgan fingerprint density at radius 2 is 2.07 bits per heavy atom. The van der Waals surface area contributed by atoms with Gasteiger partial charge >= 0.3 is 12.1 Å². The first-order valence-corrected chi connectivity index (χ1v) is 4.99. The van der Waals surface area contributed by atoms with Crippen molar-refractivity contribution in [3.8, 4) is 0 Å². The summed E-state index contributed by atoms with van der Waals surface area (Å²) in [6.45, 7) is 5.73. The van der Waals surface area contributed by atoms with Crippen molar-refractivity contribution in [1.29, 1.82) is 0 Å². The maximum Gasteiger partial charge on any atom is 0.407 e. The fourth-order valence-corrected chi connectivity index (χ4v) is 1.30. The summed E-state index contributed by atoms with van der Waals surface area (Å²) >= 11 is 0. The maximum atomic E-state index is 11.2. The zero-order chi connectivity index (χ0) is 11.6. The van der Waals surface area contributed by atoms with Crippen LogP contribution in [-0.2, 0) is 9.53 Å². The Morgan fingerprint density at radius 3 is 2.47 bits per heavy atom. The lowest BCUT2D eigenvalue weighted by atomic mass is 10.2. The van der Waals surface area contributed by atoms with Crippen molar-refractivity contribution >= 4 is 12.1 Å². The van der Waals surface area contributed by atoms with E-state index in [0.29, 0.717) is 13.0 Å². The van der Waals surface area contributed by atoms with E-state index >= 15 is 0 Å². The first-order chi connectivity index (χ1) is 6.79. The van der Waals surface area contributed by atoms with Crippen LogP contribution in [0.5, 0.6) is 0 Å². The monoisotopic (exact) mass is 215 g/mol. The molecule has 0 heterocycles. The van der Waals surface area contributed by atoms with Crippen molar-refractivity contribution in [2.75, 3.05) is 6.54 Å². The molecule has 1 amide bonds. The summed E-state index contributed by atoms with van der Waals surface area (Å²) in [4.78, 5) is 21.7. The highest BCUT2D eigenvalue weighted by Crippen LogP contribution is 2.37. The number of carbonyl (C=O) groups is 2. The van der Waals surface area contributed by atoms with Crippen molar-refractivity contribution in [3.63, 3.8) is 0 Å². The number of hydrogen-bond acceptors (Lipinski definition) is 3. The van der Waals surface area contributed by atoms with Crippen LogP contribution in [0.4, 0.5) is 4.79 Å². The first-order valence-electron chi connectivity index (χ1n) is 4.99. The molecule has 1 rings (SSSR count). The molecule has 0 aromatic heterocycles. The van der Waals surface area contributed by atoms with E-state index in [1.807, 2.05) is 0 Å². The largest absolute Gasteiger partial charge is 0.481 e. The lowest BCUT2D eigenvalue weighted by molar-refractivity contribution is -0.138. The Morgan fingerprint density at radius 1 is 1.47 bits per heavy atom. The number of ether oxygens (including phenoxy) is 1. The molecule has 5 heteroatoms. The van der Waals surface area contributed by atoms with Gasteiger partial charge in [0.25, 0.3) is 0 Å². The molecule has 1 aliphatic rings. The van der Waals surface area contributed by atoms with E-state index in [2.05, 4.69) is 5.32 Å². The minimum Gasteiger partial charge on any atom is -0.481 e. The van der Waals surface area contributed by atoms with Gasteiger partial charge in [-0.1, -0.05) is 0 Å². The third-order valence-corrected chi connectivity index (χ3v) is 2.15.